The second-order valence-corrected chi connectivity index (χ2v) is 3.92. The third-order valence-electron chi connectivity index (χ3n) is 3.15. The molecule has 2 aliphatic rings. The Kier molecular flexibility index (Phi) is 1.90. The molecule has 0 radical (unpaired) electrons. The Hall–Kier alpha value is -0.0800. The summed E-state index contributed by atoms with van der Waals surface area (Å²) >= 11 is 0. The van der Waals surface area contributed by atoms with E-state index in [1.54, 1.807) is 0 Å². The molecule has 0 N–H and O–H groups in total. The molecule has 0 aliphatic carbocycles. The molecule has 64 valence electrons. The highest BCUT2D eigenvalue weighted by Crippen LogP contribution is 2.39. The summed E-state index contributed by atoms with van der Waals surface area (Å²) in [6, 6.07) is 1.97. The molecule has 0 aromatic rings. The first-order chi connectivity index (χ1) is 5.31. The zero-order valence-electron chi connectivity index (χ0n) is 7.58. The minimum atomic E-state index is 0.953. The van der Waals surface area contributed by atoms with Gasteiger partial charge >= 0.3 is 0 Å². The van der Waals surface area contributed by atoms with E-state index < -0.39 is 0 Å². The van der Waals surface area contributed by atoms with E-state index in [0.717, 1.165) is 12.1 Å². The van der Waals surface area contributed by atoms with Gasteiger partial charge in [-0.3, -0.25) is 4.90 Å². The SMILES string of the molecule is CCN(C)CCC1C[C@H]2CN12. The molecule has 2 saturated heterocycles. The highest BCUT2D eigenvalue weighted by molar-refractivity contribution is 5.06. The highest BCUT2D eigenvalue weighted by Gasteiger charge is 2.49. The van der Waals surface area contributed by atoms with E-state index in [1.165, 1.54) is 32.5 Å². The predicted octanol–water partition coefficient (Wildman–Crippen LogP) is 0.785. The number of hydrogen-bond donors (Lipinski definition) is 0. The summed E-state index contributed by atoms with van der Waals surface area (Å²) in [5.74, 6) is 0. The van der Waals surface area contributed by atoms with Gasteiger partial charge in [-0.15, -0.1) is 0 Å². The van der Waals surface area contributed by atoms with Crippen LogP contribution in [0.4, 0.5) is 0 Å². The van der Waals surface area contributed by atoms with Crippen LogP contribution in [0.5, 0.6) is 0 Å². The van der Waals surface area contributed by atoms with Crippen molar-refractivity contribution in [2.45, 2.75) is 31.8 Å². The second-order valence-electron chi connectivity index (χ2n) is 3.92. The van der Waals surface area contributed by atoms with Crippen LogP contribution in [0.3, 0.4) is 0 Å². The Morgan fingerprint density at radius 2 is 2.36 bits per heavy atom. The Labute approximate surface area is 69.2 Å². The molecule has 0 spiro atoms. The van der Waals surface area contributed by atoms with Crippen molar-refractivity contribution in [1.82, 2.24) is 9.80 Å². The van der Waals surface area contributed by atoms with Crippen molar-refractivity contribution in [3.63, 3.8) is 0 Å². The van der Waals surface area contributed by atoms with E-state index in [4.69, 9.17) is 0 Å². The Morgan fingerprint density at radius 3 is 2.82 bits per heavy atom. The van der Waals surface area contributed by atoms with E-state index in [1.807, 2.05) is 0 Å². The largest absolute Gasteiger partial charge is 0.307 e. The second kappa shape index (κ2) is 2.76. The zero-order chi connectivity index (χ0) is 7.84. The van der Waals surface area contributed by atoms with Gasteiger partial charge in [-0.05, 0) is 33.0 Å². The van der Waals surface area contributed by atoms with Crippen LogP contribution in [0.1, 0.15) is 19.8 Å². The monoisotopic (exact) mass is 154 g/mol. The van der Waals surface area contributed by atoms with Gasteiger partial charge in [0.1, 0.15) is 0 Å². The first kappa shape index (κ1) is 7.56. The minimum absolute atomic E-state index is 0.953. The molecule has 11 heavy (non-hydrogen) atoms. The summed E-state index contributed by atoms with van der Waals surface area (Å²) in [4.78, 5) is 5.01. The predicted molar refractivity (Wildman–Crippen MR) is 46.7 cm³/mol. The summed E-state index contributed by atoms with van der Waals surface area (Å²) in [6.45, 7) is 6.10. The average molecular weight is 154 g/mol. The fourth-order valence-corrected chi connectivity index (χ4v) is 1.98. The summed E-state index contributed by atoms with van der Waals surface area (Å²) in [7, 11) is 2.21. The van der Waals surface area contributed by atoms with E-state index in [2.05, 4.69) is 23.8 Å². The fourth-order valence-electron chi connectivity index (χ4n) is 1.98. The van der Waals surface area contributed by atoms with E-state index in [0.29, 0.717) is 0 Å². The number of fused-ring (bicyclic) bond motifs is 1. The van der Waals surface area contributed by atoms with Gasteiger partial charge in [0.05, 0.1) is 0 Å². The Morgan fingerprint density at radius 1 is 1.55 bits per heavy atom. The maximum Gasteiger partial charge on any atom is 0.0241 e. The molecule has 2 aliphatic heterocycles. The minimum Gasteiger partial charge on any atom is -0.307 e. The van der Waals surface area contributed by atoms with Crippen molar-refractivity contribution < 1.29 is 0 Å². The topological polar surface area (TPSA) is 6.25 Å². The van der Waals surface area contributed by atoms with Gasteiger partial charge in [-0.1, -0.05) is 6.92 Å². The molecule has 2 heteroatoms. The molecule has 3 atom stereocenters. The lowest BCUT2D eigenvalue weighted by Gasteiger charge is -2.28. The zero-order valence-corrected chi connectivity index (χ0v) is 7.58. The van der Waals surface area contributed by atoms with Crippen molar-refractivity contribution >= 4 is 0 Å². The van der Waals surface area contributed by atoms with Gasteiger partial charge in [0.25, 0.3) is 0 Å². The normalized spacial score (nSPS) is 40.1. The van der Waals surface area contributed by atoms with Gasteiger partial charge in [0.15, 0.2) is 0 Å². The maximum atomic E-state index is 2.61. The first-order valence-corrected chi connectivity index (χ1v) is 4.75. The molecule has 2 heterocycles. The lowest BCUT2D eigenvalue weighted by Crippen LogP contribution is -2.35. The van der Waals surface area contributed by atoms with Crippen LogP contribution in [-0.2, 0) is 0 Å². The number of hydrogen-bond acceptors (Lipinski definition) is 2. The highest BCUT2D eigenvalue weighted by atomic mass is 15.4. The van der Waals surface area contributed by atoms with Crippen LogP contribution in [0, 0.1) is 0 Å². The van der Waals surface area contributed by atoms with Crippen molar-refractivity contribution in [1.29, 1.82) is 0 Å². The van der Waals surface area contributed by atoms with Crippen molar-refractivity contribution in [2.75, 3.05) is 26.7 Å². The molecule has 0 aromatic carbocycles. The van der Waals surface area contributed by atoms with Crippen molar-refractivity contribution in [3.05, 3.63) is 0 Å². The van der Waals surface area contributed by atoms with Crippen LogP contribution >= 0.6 is 0 Å². The summed E-state index contributed by atoms with van der Waals surface area (Å²) in [5.41, 5.74) is 0. The molecule has 2 nitrogen and oxygen atoms in total. The molecule has 2 unspecified atom stereocenters. The van der Waals surface area contributed by atoms with E-state index in [-0.39, 0.29) is 0 Å². The smallest absolute Gasteiger partial charge is 0.0241 e. The van der Waals surface area contributed by atoms with Crippen molar-refractivity contribution in [3.8, 4) is 0 Å². The molecule has 2 fully saturated rings. The van der Waals surface area contributed by atoms with E-state index in [9.17, 15) is 0 Å². The molecular formula is C9H18N2. The summed E-state index contributed by atoms with van der Waals surface area (Å²) in [5, 5.41) is 0. The molecule has 0 amide bonds. The molecule has 0 saturated carbocycles. The van der Waals surface area contributed by atoms with Crippen LogP contribution < -0.4 is 0 Å². The average Bonchev–Trinajstić information content (AvgIpc) is 2.62. The summed E-state index contributed by atoms with van der Waals surface area (Å²) in [6.07, 6.45) is 2.87. The third kappa shape index (κ3) is 1.42. The lowest BCUT2D eigenvalue weighted by molar-refractivity contribution is 0.208. The Bertz CT molecular complexity index is 146. The van der Waals surface area contributed by atoms with Gasteiger partial charge < -0.3 is 4.90 Å². The molecular weight excluding hydrogens is 136 g/mol. The lowest BCUT2D eigenvalue weighted by atomic mass is 10.0. The third-order valence-corrected chi connectivity index (χ3v) is 3.15. The summed E-state index contributed by atoms with van der Waals surface area (Å²) < 4.78 is 0. The van der Waals surface area contributed by atoms with Crippen molar-refractivity contribution in [2.24, 2.45) is 0 Å². The number of rotatable bonds is 4. The molecule has 0 aromatic heterocycles. The number of nitrogens with zero attached hydrogens (tertiary/aromatic N) is 2. The Balaban J connectivity index is 1.59. The van der Waals surface area contributed by atoms with E-state index >= 15 is 0 Å². The maximum absolute atomic E-state index is 2.61. The standard InChI is InChI=1S/C9H18N2/c1-3-10(2)5-4-8-6-9-7-11(8)9/h8-9H,3-7H2,1-2H3/t8?,9-,11?/m0/s1. The van der Waals surface area contributed by atoms with Gasteiger partial charge in [0.2, 0.25) is 0 Å². The van der Waals surface area contributed by atoms with Crippen LogP contribution in [0.2, 0.25) is 0 Å². The fraction of sp³-hybridized carbons (Fsp3) is 1.00. The van der Waals surface area contributed by atoms with Gasteiger partial charge in [-0.2, -0.15) is 0 Å². The van der Waals surface area contributed by atoms with Crippen LogP contribution in [-0.4, -0.2) is 48.6 Å². The van der Waals surface area contributed by atoms with Crippen LogP contribution in [0.15, 0.2) is 0 Å². The molecule has 0 bridgehead atoms. The molecule has 2 rings (SSSR count). The van der Waals surface area contributed by atoms with Gasteiger partial charge in [-0.25, -0.2) is 0 Å². The first-order valence-electron chi connectivity index (χ1n) is 4.75. The quantitative estimate of drug-likeness (QED) is 0.552. The van der Waals surface area contributed by atoms with Gasteiger partial charge in [0, 0.05) is 18.6 Å². The van der Waals surface area contributed by atoms with Crippen LogP contribution in [0.25, 0.3) is 0 Å².